The number of ether oxygens (including phenoxy) is 2. The molecular formula is C25H36N4O4. The second-order valence-corrected chi connectivity index (χ2v) is 8.99. The number of methoxy groups -OCH3 is 1. The molecule has 0 aliphatic carbocycles. The Kier molecular flexibility index (Phi) is 7.88. The summed E-state index contributed by atoms with van der Waals surface area (Å²) in [5.74, 6) is 0.201. The third kappa shape index (κ3) is 5.50. The fraction of sp³-hybridized carbons (Fsp3) is 0.600. The van der Waals surface area contributed by atoms with Crippen molar-refractivity contribution in [2.45, 2.75) is 51.1 Å². The van der Waals surface area contributed by atoms with E-state index < -0.39 is 12.0 Å². The summed E-state index contributed by atoms with van der Waals surface area (Å²) in [4.78, 5) is 30.7. The molecule has 3 aliphatic heterocycles. The van der Waals surface area contributed by atoms with E-state index in [9.17, 15) is 9.59 Å². The average Bonchev–Trinajstić information content (AvgIpc) is 2.84. The topological polar surface area (TPSA) is 83.1 Å². The third-order valence-electron chi connectivity index (χ3n) is 6.94. The van der Waals surface area contributed by atoms with Crippen molar-refractivity contribution >= 4 is 12.0 Å². The van der Waals surface area contributed by atoms with Crippen LogP contribution >= 0.6 is 0 Å². The largest absolute Gasteiger partial charge is 0.496 e. The lowest BCUT2D eigenvalue weighted by Crippen LogP contribution is -2.51. The summed E-state index contributed by atoms with van der Waals surface area (Å²) >= 11 is 0. The van der Waals surface area contributed by atoms with Crippen molar-refractivity contribution in [2.75, 3.05) is 46.4 Å². The molecule has 1 aromatic rings. The molecule has 2 fully saturated rings. The van der Waals surface area contributed by atoms with Crippen LogP contribution in [0.15, 0.2) is 35.5 Å². The van der Waals surface area contributed by atoms with Crippen LogP contribution in [0, 0.1) is 0 Å². The number of hydrogen-bond acceptors (Lipinski definition) is 6. The maximum absolute atomic E-state index is 13.1. The van der Waals surface area contributed by atoms with Crippen LogP contribution < -0.4 is 15.4 Å². The summed E-state index contributed by atoms with van der Waals surface area (Å²) in [6.07, 6.45) is 6.19. The van der Waals surface area contributed by atoms with E-state index in [0.717, 1.165) is 31.5 Å². The molecule has 33 heavy (non-hydrogen) atoms. The quantitative estimate of drug-likeness (QED) is 0.614. The maximum Gasteiger partial charge on any atom is 0.338 e. The van der Waals surface area contributed by atoms with Crippen molar-refractivity contribution in [1.29, 1.82) is 0 Å². The SMILES string of the molecule is CCOC(=O)C1=C(CN2CCC(N3CCCCC3)CC2)NC(=O)N[C@H]1c1ccccc1OC. The van der Waals surface area contributed by atoms with Gasteiger partial charge in [-0.25, -0.2) is 9.59 Å². The van der Waals surface area contributed by atoms with Crippen molar-refractivity contribution < 1.29 is 19.1 Å². The molecular weight excluding hydrogens is 420 g/mol. The number of benzene rings is 1. The highest BCUT2D eigenvalue weighted by Gasteiger charge is 2.36. The fourth-order valence-corrected chi connectivity index (χ4v) is 5.28. The number of urea groups is 1. The van der Waals surface area contributed by atoms with Gasteiger partial charge < -0.3 is 25.0 Å². The first-order chi connectivity index (χ1) is 16.1. The number of esters is 1. The lowest BCUT2D eigenvalue weighted by Gasteiger charge is -2.41. The number of rotatable bonds is 7. The van der Waals surface area contributed by atoms with Crippen LogP contribution in [0.4, 0.5) is 4.79 Å². The van der Waals surface area contributed by atoms with Gasteiger partial charge in [0.2, 0.25) is 0 Å². The van der Waals surface area contributed by atoms with Crippen molar-refractivity contribution in [3.8, 4) is 5.75 Å². The second kappa shape index (κ2) is 11.0. The lowest BCUT2D eigenvalue weighted by atomic mass is 9.93. The summed E-state index contributed by atoms with van der Waals surface area (Å²) in [7, 11) is 1.59. The summed E-state index contributed by atoms with van der Waals surface area (Å²) in [5.41, 5.74) is 1.79. The molecule has 2 saturated heterocycles. The molecule has 1 atom stereocenters. The van der Waals surface area contributed by atoms with E-state index in [1.807, 2.05) is 24.3 Å². The van der Waals surface area contributed by atoms with Crippen LogP contribution in [0.1, 0.15) is 50.6 Å². The first-order valence-electron chi connectivity index (χ1n) is 12.2. The minimum absolute atomic E-state index is 0.267. The maximum atomic E-state index is 13.1. The minimum Gasteiger partial charge on any atom is -0.496 e. The number of para-hydroxylation sites is 1. The Bertz CT molecular complexity index is 873. The predicted octanol–water partition coefficient (Wildman–Crippen LogP) is 2.82. The number of hydrogen-bond donors (Lipinski definition) is 2. The first kappa shape index (κ1) is 23.6. The number of likely N-dealkylation sites (tertiary alicyclic amines) is 2. The van der Waals surface area contributed by atoms with E-state index in [4.69, 9.17) is 9.47 Å². The van der Waals surface area contributed by atoms with Crippen LogP contribution in [-0.4, -0.2) is 74.3 Å². The standard InChI is InChI=1S/C25H36N4O4/c1-3-33-24(30)22-20(17-28-15-11-18(12-16-28)29-13-7-4-8-14-29)26-25(31)27-23(22)19-9-5-6-10-21(19)32-2/h5-6,9-10,18,23H,3-4,7-8,11-17H2,1-2H3,(H2,26,27,31)/t23-/m0/s1. The zero-order valence-corrected chi connectivity index (χ0v) is 19.8. The Hall–Kier alpha value is -2.58. The summed E-state index contributed by atoms with van der Waals surface area (Å²) < 4.78 is 10.9. The Morgan fingerprint density at radius 3 is 2.52 bits per heavy atom. The van der Waals surface area contributed by atoms with E-state index in [1.165, 1.54) is 32.4 Å². The number of carbonyl (C=O) groups is 2. The highest BCUT2D eigenvalue weighted by atomic mass is 16.5. The van der Waals surface area contributed by atoms with Crippen LogP contribution in [0.2, 0.25) is 0 Å². The highest BCUT2D eigenvalue weighted by Crippen LogP contribution is 2.34. The van der Waals surface area contributed by atoms with E-state index >= 15 is 0 Å². The molecule has 3 aliphatic rings. The van der Waals surface area contributed by atoms with E-state index in [1.54, 1.807) is 14.0 Å². The van der Waals surface area contributed by atoms with Gasteiger partial charge in [-0.2, -0.15) is 0 Å². The molecule has 2 N–H and O–H groups in total. The lowest BCUT2D eigenvalue weighted by molar-refractivity contribution is -0.139. The van der Waals surface area contributed by atoms with Gasteiger partial charge in [0, 0.05) is 36.9 Å². The van der Waals surface area contributed by atoms with E-state index in [-0.39, 0.29) is 12.6 Å². The molecule has 0 spiro atoms. The van der Waals surface area contributed by atoms with Gasteiger partial charge in [-0.15, -0.1) is 0 Å². The molecule has 8 heteroatoms. The Labute approximate surface area is 196 Å². The van der Waals surface area contributed by atoms with Crippen molar-refractivity contribution in [3.05, 3.63) is 41.1 Å². The molecule has 1 aromatic carbocycles. The molecule has 8 nitrogen and oxygen atoms in total. The zero-order chi connectivity index (χ0) is 23.2. The van der Waals surface area contributed by atoms with Gasteiger partial charge in [-0.1, -0.05) is 24.6 Å². The summed E-state index contributed by atoms with van der Waals surface area (Å²) in [6.45, 7) is 6.89. The monoisotopic (exact) mass is 456 g/mol. The number of carbonyl (C=O) groups excluding carboxylic acids is 2. The number of piperidine rings is 2. The molecule has 2 amide bonds. The van der Waals surface area contributed by atoms with Crippen LogP contribution in [0.25, 0.3) is 0 Å². The summed E-state index contributed by atoms with van der Waals surface area (Å²) in [6, 6.07) is 7.13. The van der Waals surface area contributed by atoms with Crippen LogP contribution in [0.5, 0.6) is 5.75 Å². The molecule has 0 saturated carbocycles. The Morgan fingerprint density at radius 2 is 1.82 bits per heavy atom. The van der Waals surface area contributed by atoms with Gasteiger partial charge in [-0.05, 0) is 51.8 Å². The number of amides is 2. The smallest absolute Gasteiger partial charge is 0.338 e. The molecule has 3 heterocycles. The third-order valence-corrected chi connectivity index (χ3v) is 6.94. The van der Waals surface area contributed by atoms with E-state index in [0.29, 0.717) is 29.6 Å². The fourth-order valence-electron chi connectivity index (χ4n) is 5.28. The molecule has 4 rings (SSSR count). The second-order valence-electron chi connectivity index (χ2n) is 8.99. The number of nitrogens with zero attached hydrogens (tertiary/aromatic N) is 2. The number of nitrogens with one attached hydrogen (secondary N) is 2. The van der Waals surface area contributed by atoms with Gasteiger partial charge in [0.05, 0.1) is 25.3 Å². The molecule has 0 bridgehead atoms. The molecule has 0 aromatic heterocycles. The predicted molar refractivity (Wildman–Crippen MR) is 126 cm³/mol. The van der Waals surface area contributed by atoms with E-state index in [2.05, 4.69) is 20.4 Å². The normalized spacial score (nSPS) is 23.1. The van der Waals surface area contributed by atoms with Crippen molar-refractivity contribution in [3.63, 3.8) is 0 Å². The van der Waals surface area contributed by atoms with Gasteiger partial charge in [0.1, 0.15) is 5.75 Å². The van der Waals surface area contributed by atoms with Crippen LogP contribution in [-0.2, 0) is 9.53 Å². The van der Waals surface area contributed by atoms with Crippen molar-refractivity contribution in [1.82, 2.24) is 20.4 Å². The zero-order valence-electron chi connectivity index (χ0n) is 19.8. The molecule has 0 radical (unpaired) electrons. The van der Waals surface area contributed by atoms with Crippen molar-refractivity contribution in [2.24, 2.45) is 0 Å². The Morgan fingerprint density at radius 1 is 1.09 bits per heavy atom. The Balaban J connectivity index is 1.55. The molecule has 0 unspecified atom stereocenters. The van der Waals surface area contributed by atoms with Crippen LogP contribution in [0.3, 0.4) is 0 Å². The average molecular weight is 457 g/mol. The van der Waals surface area contributed by atoms with Gasteiger partial charge in [0.15, 0.2) is 0 Å². The van der Waals surface area contributed by atoms with Gasteiger partial charge in [-0.3, -0.25) is 4.90 Å². The molecule has 180 valence electrons. The van der Waals surface area contributed by atoms with Gasteiger partial charge in [0.25, 0.3) is 0 Å². The summed E-state index contributed by atoms with van der Waals surface area (Å²) in [5, 5.41) is 5.80. The first-order valence-corrected chi connectivity index (χ1v) is 12.2. The van der Waals surface area contributed by atoms with Gasteiger partial charge >= 0.3 is 12.0 Å². The minimum atomic E-state index is -0.630. The highest BCUT2D eigenvalue weighted by molar-refractivity contribution is 5.95.